The van der Waals surface area contributed by atoms with Crippen molar-refractivity contribution in [2.75, 3.05) is 18.1 Å². The molecule has 92 heavy (non-hydrogen) atoms. The minimum atomic E-state index is -1.71. The molecule has 1 fully saturated rings. The highest BCUT2D eigenvalue weighted by atomic mass is 32.1. The molecule has 0 aliphatic carbocycles. The van der Waals surface area contributed by atoms with Gasteiger partial charge in [-0.1, -0.05) is 64.1 Å². The van der Waals surface area contributed by atoms with Gasteiger partial charge in [-0.05, 0) is 87.5 Å². The van der Waals surface area contributed by atoms with Crippen molar-refractivity contribution in [2.45, 2.75) is 172 Å². The number of aromatic amines is 2. The van der Waals surface area contributed by atoms with Crippen LogP contribution in [0.1, 0.15) is 104 Å². The molecule has 11 atom stereocenters. The van der Waals surface area contributed by atoms with Crippen LogP contribution in [0.4, 0.5) is 0 Å². The number of fused-ring (bicyclic) bond motifs is 2. The topological polar surface area (TPSA) is 452 Å². The second-order valence-corrected chi connectivity index (χ2v) is 24.4. The van der Waals surface area contributed by atoms with Gasteiger partial charge in [0, 0.05) is 77.9 Å². The number of aliphatic carboxylic acids is 3. The Labute approximate surface area is 542 Å². The van der Waals surface area contributed by atoms with Gasteiger partial charge in [-0.15, -0.1) is 0 Å². The molecule has 0 bridgehead atoms. The Morgan fingerprint density at radius 3 is 1.39 bits per heavy atom. The molecule has 16 N–H and O–H groups in total. The average molecular weight is 1320 g/mol. The van der Waals surface area contributed by atoms with Crippen LogP contribution >= 0.6 is 25.3 Å². The van der Waals surface area contributed by atoms with Gasteiger partial charge >= 0.3 is 17.9 Å². The first kappa shape index (κ1) is 74.0. The molecule has 0 radical (unpaired) electrons. The number of nitrogens with two attached hydrogens (primary N) is 1. The number of carbonyl (C=O) groups excluding carboxylic acids is 10. The van der Waals surface area contributed by atoms with E-state index < -0.39 is 169 Å². The summed E-state index contributed by atoms with van der Waals surface area (Å²) in [6.45, 7) is 9.66. The fourth-order valence-electron chi connectivity index (χ4n) is 10.4. The van der Waals surface area contributed by atoms with Crippen LogP contribution < -0.4 is 53.6 Å². The lowest BCUT2D eigenvalue weighted by molar-refractivity contribution is -0.143. The number of nitrogens with zero attached hydrogens (tertiary/aromatic N) is 1. The molecule has 5 rings (SSSR count). The van der Waals surface area contributed by atoms with Crippen molar-refractivity contribution < 1.29 is 77.6 Å². The summed E-state index contributed by atoms with van der Waals surface area (Å²) in [4.78, 5) is 184. The zero-order valence-corrected chi connectivity index (χ0v) is 53.8. The van der Waals surface area contributed by atoms with E-state index >= 15 is 0 Å². The minimum Gasteiger partial charge on any atom is -0.481 e. The first-order valence-electron chi connectivity index (χ1n) is 30.3. The standard InChI is InChI=1S/C61H85N13O16S2/c1-30(2)22-43(70-53(81)41(17-19-49(75)76)68-56(84)44(24-34-26-63-39-14-9-7-12-36(34)39)69-51(79)32(5)65-52(80)38(62)28-91)55(83)67-42(18-20-50(77)78)54(82)71-45(25-35-27-64-40-15-10-8-13-37(35)40)57(85)72-46(23-31(3)4)60(88)74-21-11-16-48(74)59(87)73-47(29-92)58(86)66-33(6)61(89)90/h7-10,12-15,26-27,30-33,38,41-48,63-64,91-92H,11,16-25,28-29,62H2,1-6H3,(H,65,80)(H,66,86)(H,67,83)(H,68,84)(H,69,79)(H,70,81)(H,71,82)(H,72,85)(H,73,87)(H,75,76)(H,77,78)(H,89,90)/t32-,33-,38-,41-,42-,43-,44-,45-,46-,47-,48-/m0/s1. The number of H-pyrrole nitrogens is 2. The molecule has 2 aromatic heterocycles. The summed E-state index contributed by atoms with van der Waals surface area (Å²) in [6.07, 6.45) is 0.826. The summed E-state index contributed by atoms with van der Waals surface area (Å²) < 4.78 is 0. The number of benzene rings is 2. The number of carboxylic acids is 3. The summed E-state index contributed by atoms with van der Waals surface area (Å²) in [6, 6.07) is -1.04. The van der Waals surface area contributed by atoms with Crippen LogP contribution in [0.25, 0.3) is 21.8 Å². The first-order chi connectivity index (χ1) is 43.5. The van der Waals surface area contributed by atoms with Crippen LogP contribution in [0.15, 0.2) is 60.9 Å². The third-order valence-corrected chi connectivity index (χ3v) is 16.1. The maximum atomic E-state index is 14.9. The highest BCUT2D eigenvalue weighted by Gasteiger charge is 2.41. The number of nitrogens with one attached hydrogen (secondary N) is 11. The van der Waals surface area contributed by atoms with E-state index in [1.807, 2.05) is 0 Å². The lowest BCUT2D eigenvalue weighted by Crippen LogP contribution is -2.61. The number of hydrogen-bond donors (Lipinski definition) is 17. The molecule has 29 nitrogen and oxygen atoms in total. The van der Waals surface area contributed by atoms with Crippen LogP contribution in [0.5, 0.6) is 0 Å². The normalized spacial score (nSPS) is 16.3. The number of likely N-dealkylation sites (tertiary alicyclic amines) is 1. The Morgan fingerprint density at radius 1 is 0.511 bits per heavy atom. The van der Waals surface area contributed by atoms with E-state index in [0.717, 1.165) is 0 Å². The Hall–Kier alpha value is -8.71. The monoisotopic (exact) mass is 1320 g/mol. The molecular formula is C61H85N13O16S2. The molecule has 1 saturated heterocycles. The van der Waals surface area contributed by atoms with Crippen molar-refractivity contribution >= 4 is 124 Å². The van der Waals surface area contributed by atoms with E-state index in [-0.39, 0.29) is 62.0 Å². The van der Waals surface area contributed by atoms with E-state index in [1.54, 1.807) is 88.6 Å². The number of carbonyl (C=O) groups is 13. The van der Waals surface area contributed by atoms with Gasteiger partial charge in [0.05, 0.1) is 6.04 Å². The molecule has 1 aliphatic heterocycles. The number of amides is 10. The third-order valence-electron chi connectivity index (χ3n) is 15.4. The van der Waals surface area contributed by atoms with Crippen molar-refractivity contribution in [1.82, 2.24) is 62.7 Å². The number of thiol groups is 2. The molecular weight excluding hydrogens is 1230 g/mol. The number of hydrogen-bond acceptors (Lipinski definition) is 16. The van der Waals surface area contributed by atoms with E-state index in [2.05, 4.69) is 83.1 Å². The number of rotatable bonds is 36. The van der Waals surface area contributed by atoms with E-state index in [0.29, 0.717) is 39.4 Å². The van der Waals surface area contributed by atoms with Crippen LogP contribution in [0.2, 0.25) is 0 Å². The van der Waals surface area contributed by atoms with Crippen LogP contribution in [0, 0.1) is 11.8 Å². The van der Waals surface area contributed by atoms with Crippen molar-refractivity contribution in [1.29, 1.82) is 0 Å². The van der Waals surface area contributed by atoms with Gasteiger partial charge < -0.3 is 83.8 Å². The van der Waals surface area contributed by atoms with Crippen molar-refractivity contribution in [3.8, 4) is 0 Å². The maximum absolute atomic E-state index is 14.9. The largest absolute Gasteiger partial charge is 0.481 e. The molecule has 4 aromatic rings. The highest BCUT2D eigenvalue weighted by molar-refractivity contribution is 7.80. The Bertz CT molecular complexity index is 3320. The van der Waals surface area contributed by atoms with Crippen molar-refractivity contribution in [3.63, 3.8) is 0 Å². The smallest absolute Gasteiger partial charge is 0.325 e. The average Bonchev–Trinajstić information content (AvgIpc) is 1.66. The molecule has 10 amide bonds. The maximum Gasteiger partial charge on any atom is 0.325 e. The Morgan fingerprint density at radius 2 is 0.924 bits per heavy atom. The summed E-state index contributed by atoms with van der Waals surface area (Å²) in [5.74, 6) is -13.6. The molecule has 0 saturated carbocycles. The van der Waals surface area contributed by atoms with Crippen LogP contribution in [-0.2, 0) is 75.2 Å². The molecule has 0 spiro atoms. The third kappa shape index (κ3) is 21.7. The Kier molecular flexibility index (Phi) is 28.3. The first-order valence-corrected chi connectivity index (χ1v) is 31.6. The summed E-state index contributed by atoms with van der Waals surface area (Å²) in [7, 11) is 0. The van der Waals surface area contributed by atoms with E-state index in [9.17, 15) is 77.6 Å². The summed E-state index contributed by atoms with van der Waals surface area (Å²) in [5, 5.41) is 53.3. The van der Waals surface area contributed by atoms with Gasteiger partial charge in [0.2, 0.25) is 59.1 Å². The quantitative estimate of drug-likeness (QED) is 0.0265. The molecule has 2 aromatic carbocycles. The van der Waals surface area contributed by atoms with Gasteiger partial charge in [0.15, 0.2) is 0 Å². The predicted molar refractivity (Wildman–Crippen MR) is 343 cm³/mol. The summed E-state index contributed by atoms with van der Waals surface area (Å²) >= 11 is 8.20. The van der Waals surface area contributed by atoms with Gasteiger partial charge in [-0.25, -0.2) is 0 Å². The van der Waals surface area contributed by atoms with Crippen molar-refractivity contribution in [3.05, 3.63) is 72.1 Å². The number of aromatic nitrogens is 2. The molecule has 31 heteroatoms. The van der Waals surface area contributed by atoms with Crippen LogP contribution in [-0.4, -0.2) is 192 Å². The lowest BCUT2D eigenvalue weighted by atomic mass is 9.99. The van der Waals surface area contributed by atoms with Crippen molar-refractivity contribution in [2.24, 2.45) is 17.6 Å². The molecule has 1 aliphatic rings. The van der Waals surface area contributed by atoms with E-state index in [4.69, 9.17) is 5.73 Å². The Balaban J connectivity index is 1.42. The molecule has 3 heterocycles. The number of para-hydroxylation sites is 2. The zero-order chi connectivity index (χ0) is 68.1. The van der Waals surface area contributed by atoms with Gasteiger partial charge in [-0.3, -0.25) is 62.3 Å². The van der Waals surface area contributed by atoms with Gasteiger partial charge in [-0.2, -0.15) is 25.3 Å². The number of carboxylic acid groups (broad SMARTS) is 3. The second kappa shape index (κ2) is 35.2. The fraction of sp³-hybridized carbons (Fsp3) is 0.525. The van der Waals surface area contributed by atoms with E-state index in [1.165, 1.54) is 18.7 Å². The molecule has 0 unspecified atom stereocenters. The van der Waals surface area contributed by atoms with Gasteiger partial charge in [0.1, 0.15) is 60.4 Å². The summed E-state index contributed by atoms with van der Waals surface area (Å²) in [5.41, 5.74) is 8.25. The van der Waals surface area contributed by atoms with Gasteiger partial charge in [0.25, 0.3) is 0 Å². The lowest BCUT2D eigenvalue weighted by Gasteiger charge is -2.31. The highest BCUT2D eigenvalue weighted by Crippen LogP contribution is 2.24. The van der Waals surface area contributed by atoms with Crippen LogP contribution in [0.3, 0.4) is 0 Å². The SMILES string of the molecule is CC(C)C[C@H](NC(=O)[C@H](CCC(=O)O)NC(=O)[C@H](Cc1c[nH]c2ccccc12)NC(=O)[C@H](C)NC(=O)[C@@H](N)CS)C(=O)N[C@@H](CCC(=O)O)C(=O)N[C@@H](Cc1c[nH]c2ccccc12)C(=O)N[C@@H](CC(C)C)C(=O)N1CCC[C@H]1C(=O)N[C@@H](CS)C(=O)N[C@@H](C)C(=O)O. The zero-order valence-electron chi connectivity index (χ0n) is 52.0. The minimum absolute atomic E-state index is 0.0362. The fourth-order valence-corrected chi connectivity index (χ4v) is 10.8. The second-order valence-electron chi connectivity index (χ2n) is 23.6. The molecule has 502 valence electrons. The predicted octanol–water partition coefficient (Wildman–Crippen LogP) is -0.0783.